The standard InChI is InChI=1S/C15H16N2O5/c1-8(2)14(22-4)13-11-7-10(17(20)21)5-6-12(11)16(9(3)18)15(13)19/h5-7,13H,1-4H3. The zero-order valence-corrected chi connectivity index (χ0v) is 12.7. The second-order valence-corrected chi connectivity index (χ2v) is 5.19. The average molecular weight is 304 g/mol. The number of fused-ring (bicyclic) bond motifs is 1. The summed E-state index contributed by atoms with van der Waals surface area (Å²) < 4.78 is 5.30. The van der Waals surface area contributed by atoms with Crippen molar-refractivity contribution in [2.24, 2.45) is 0 Å². The molecule has 0 saturated carbocycles. The largest absolute Gasteiger partial charge is 0.500 e. The van der Waals surface area contributed by atoms with Gasteiger partial charge in [-0.2, -0.15) is 0 Å². The third-order valence-corrected chi connectivity index (χ3v) is 3.53. The van der Waals surface area contributed by atoms with E-state index in [4.69, 9.17) is 4.74 Å². The van der Waals surface area contributed by atoms with Gasteiger partial charge in [-0.15, -0.1) is 0 Å². The number of hydrogen-bond donors (Lipinski definition) is 0. The first-order valence-corrected chi connectivity index (χ1v) is 6.63. The Morgan fingerprint density at radius 3 is 2.41 bits per heavy atom. The fourth-order valence-corrected chi connectivity index (χ4v) is 2.66. The molecule has 1 unspecified atom stereocenters. The maximum absolute atomic E-state index is 12.6. The van der Waals surface area contributed by atoms with Gasteiger partial charge < -0.3 is 4.74 Å². The van der Waals surface area contributed by atoms with Crippen molar-refractivity contribution < 1.29 is 19.2 Å². The van der Waals surface area contributed by atoms with Gasteiger partial charge >= 0.3 is 0 Å². The van der Waals surface area contributed by atoms with Gasteiger partial charge in [-0.3, -0.25) is 19.7 Å². The van der Waals surface area contributed by atoms with Crippen LogP contribution in [-0.2, 0) is 14.3 Å². The van der Waals surface area contributed by atoms with Crippen molar-refractivity contribution >= 4 is 23.2 Å². The molecule has 7 nitrogen and oxygen atoms in total. The Balaban J connectivity index is 2.71. The second-order valence-electron chi connectivity index (χ2n) is 5.19. The first-order chi connectivity index (χ1) is 10.3. The topological polar surface area (TPSA) is 89.8 Å². The highest BCUT2D eigenvalue weighted by Crippen LogP contribution is 2.43. The van der Waals surface area contributed by atoms with Crippen LogP contribution in [0.3, 0.4) is 0 Å². The molecule has 0 radical (unpaired) electrons. The molecule has 1 atom stereocenters. The van der Waals surface area contributed by atoms with Crippen LogP contribution in [0.4, 0.5) is 11.4 Å². The molecule has 0 aliphatic carbocycles. The van der Waals surface area contributed by atoms with E-state index in [0.717, 1.165) is 10.5 Å². The lowest BCUT2D eigenvalue weighted by molar-refractivity contribution is -0.384. The minimum Gasteiger partial charge on any atom is -0.500 e. The zero-order valence-electron chi connectivity index (χ0n) is 12.7. The van der Waals surface area contributed by atoms with Gasteiger partial charge in [0.05, 0.1) is 17.7 Å². The third-order valence-electron chi connectivity index (χ3n) is 3.53. The van der Waals surface area contributed by atoms with Gasteiger partial charge in [-0.1, -0.05) is 0 Å². The molecule has 1 aliphatic heterocycles. The van der Waals surface area contributed by atoms with E-state index in [9.17, 15) is 19.7 Å². The van der Waals surface area contributed by atoms with Crippen molar-refractivity contribution in [2.75, 3.05) is 12.0 Å². The molecule has 0 spiro atoms. The van der Waals surface area contributed by atoms with E-state index in [2.05, 4.69) is 0 Å². The van der Waals surface area contributed by atoms with Crippen molar-refractivity contribution in [2.45, 2.75) is 26.7 Å². The van der Waals surface area contributed by atoms with E-state index in [1.165, 1.54) is 32.2 Å². The number of carbonyl (C=O) groups excluding carboxylic acids is 2. The minimum absolute atomic E-state index is 0.133. The number of hydrogen-bond acceptors (Lipinski definition) is 5. The van der Waals surface area contributed by atoms with Crippen molar-refractivity contribution in [3.8, 4) is 0 Å². The van der Waals surface area contributed by atoms with Gasteiger partial charge in [0.1, 0.15) is 11.7 Å². The number of nitrogens with zero attached hydrogens (tertiary/aromatic N) is 2. The molecule has 22 heavy (non-hydrogen) atoms. The Kier molecular flexibility index (Phi) is 3.99. The van der Waals surface area contributed by atoms with E-state index >= 15 is 0 Å². The van der Waals surface area contributed by atoms with Gasteiger partial charge in [0.25, 0.3) is 5.69 Å². The number of non-ortho nitro benzene ring substituents is 1. The molecule has 2 amide bonds. The van der Waals surface area contributed by atoms with Crippen LogP contribution in [0.5, 0.6) is 0 Å². The van der Waals surface area contributed by atoms with Crippen LogP contribution in [0.25, 0.3) is 0 Å². The van der Waals surface area contributed by atoms with Crippen molar-refractivity contribution in [1.29, 1.82) is 0 Å². The first-order valence-electron chi connectivity index (χ1n) is 6.63. The summed E-state index contributed by atoms with van der Waals surface area (Å²) in [7, 11) is 1.43. The summed E-state index contributed by atoms with van der Waals surface area (Å²) in [5.41, 5.74) is 1.41. The summed E-state index contributed by atoms with van der Waals surface area (Å²) in [4.78, 5) is 35.9. The van der Waals surface area contributed by atoms with Gasteiger partial charge in [0.15, 0.2) is 0 Å². The fourth-order valence-electron chi connectivity index (χ4n) is 2.66. The summed E-state index contributed by atoms with van der Waals surface area (Å²) in [6.45, 7) is 4.83. The van der Waals surface area contributed by atoms with Crippen LogP contribution in [0.15, 0.2) is 29.5 Å². The molecule has 0 fully saturated rings. The number of allylic oxidation sites excluding steroid dienone is 1. The van der Waals surface area contributed by atoms with E-state index < -0.39 is 22.7 Å². The average Bonchev–Trinajstić information content (AvgIpc) is 2.71. The van der Waals surface area contributed by atoms with Crippen LogP contribution >= 0.6 is 0 Å². The van der Waals surface area contributed by atoms with Gasteiger partial charge in [-0.05, 0) is 25.5 Å². The summed E-state index contributed by atoms with van der Waals surface area (Å²) in [6, 6.07) is 4.02. The number of rotatable bonds is 3. The van der Waals surface area contributed by atoms with Crippen LogP contribution in [0.2, 0.25) is 0 Å². The molecule has 116 valence electrons. The number of carbonyl (C=O) groups is 2. The van der Waals surface area contributed by atoms with Crippen LogP contribution in [-0.4, -0.2) is 23.8 Å². The number of anilines is 1. The summed E-state index contributed by atoms with van der Waals surface area (Å²) in [6.07, 6.45) is 0. The quantitative estimate of drug-likeness (QED) is 0.486. The fraction of sp³-hybridized carbons (Fsp3) is 0.333. The molecule has 1 aliphatic rings. The van der Waals surface area contributed by atoms with Crippen molar-refractivity contribution in [3.63, 3.8) is 0 Å². The molecule has 7 heteroatoms. The number of methoxy groups -OCH3 is 1. The number of benzene rings is 1. The summed E-state index contributed by atoms with van der Waals surface area (Å²) >= 11 is 0. The Morgan fingerprint density at radius 1 is 1.32 bits per heavy atom. The number of amides is 2. The van der Waals surface area contributed by atoms with Gasteiger partial charge in [0, 0.05) is 24.6 Å². The lowest BCUT2D eigenvalue weighted by Gasteiger charge is -2.16. The van der Waals surface area contributed by atoms with Crippen LogP contribution < -0.4 is 4.90 Å². The van der Waals surface area contributed by atoms with Gasteiger partial charge in [-0.25, -0.2) is 4.90 Å². The van der Waals surface area contributed by atoms with E-state index in [1.54, 1.807) is 13.8 Å². The number of ether oxygens (including phenoxy) is 1. The normalized spacial score (nSPS) is 16.3. The minimum atomic E-state index is -0.839. The molecule has 0 aromatic heterocycles. The lowest BCUT2D eigenvalue weighted by Crippen LogP contribution is -2.33. The lowest BCUT2D eigenvalue weighted by atomic mass is 9.95. The smallest absolute Gasteiger partial charge is 0.269 e. The maximum atomic E-state index is 12.6. The zero-order chi connectivity index (χ0) is 16.6. The van der Waals surface area contributed by atoms with Crippen LogP contribution in [0.1, 0.15) is 32.3 Å². The molecular weight excluding hydrogens is 288 g/mol. The summed E-state index contributed by atoms with van der Waals surface area (Å²) in [5.74, 6) is -1.34. The predicted molar refractivity (Wildman–Crippen MR) is 79.4 cm³/mol. The molecule has 0 saturated heterocycles. The predicted octanol–water partition coefficient (Wildman–Crippen LogP) is 2.51. The summed E-state index contributed by atoms with van der Waals surface area (Å²) in [5, 5.41) is 11.0. The van der Waals surface area contributed by atoms with Gasteiger partial charge in [0.2, 0.25) is 11.8 Å². The molecule has 1 heterocycles. The second kappa shape index (κ2) is 5.59. The molecular formula is C15H16N2O5. The Labute approximate surface area is 127 Å². The number of nitro benzene ring substituents is 1. The third kappa shape index (κ3) is 2.34. The molecule has 1 aromatic carbocycles. The Morgan fingerprint density at radius 2 is 1.95 bits per heavy atom. The first kappa shape index (κ1) is 15.7. The van der Waals surface area contributed by atoms with E-state index in [0.29, 0.717) is 17.0 Å². The highest BCUT2D eigenvalue weighted by atomic mass is 16.6. The van der Waals surface area contributed by atoms with Crippen LogP contribution in [0, 0.1) is 10.1 Å². The number of imide groups is 1. The monoisotopic (exact) mass is 304 g/mol. The van der Waals surface area contributed by atoms with E-state index in [-0.39, 0.29) is 5.69 Å². The SMILES string of the molecule is COC(=C(C)C)C1C(=O)N(C(C)=O)c2ccc([N+](=O)[O-])cc21. The number of nitro groups is 1. The molecule has 1 aromatic rings. The maximum Gasteiger partial charge on any atom is 0.269 e. The molecule has 2 rings (SSSR count). The van der Waals surface area contributed by atoms with Crippen molar-refractivity contribution in [1.82, 2.24) is 0 Å². The van der Waals surface area contributed by atoms with Crippen molar-refractivity contribution in [3.05, 3.63) is 45.2 Å². The Hall–Kier alpha value is -2.70. The van der Waals surface area contributed by atoms with E-state index in [1.807, 2.05) is 0 Å². The highest BCUT2D eigenvalue weighted by molar-refractivity contribution is 6.21. The highest BCUT2D eigenvalue weighted by Gasteiger charge is 2.43. The molecule has 0 N–H and O–H groups in total. The Bertz CT molecular complexity index is 704. The molecule has 0 bridgehead atoms.